The Balaban J connectivity index is 1.55. The normalized spacial score (nSPS) is 10.9. The predicted molar refractivity (Wildman–Crippen MR) is 114 cm³/mol. The summed E-state index contributed by atoms with van der Waals surface area (Å²) in [4.78, 5) is 24.1. The number of sulfonamides is 1. The molecule has 3 aromatic carbocycles. The van der Waals surface area contributed by atoms with Crippen molar-refractivity contribution in [3.8, 4) is 11.5 Å². The lowest BCUT2D eigenvalue weighted by Gasteiger charge is -2.10. The number of carbonyl (C=O) groups is 2. The number of amides is 1. The van der Waals surface area contributed by atoms with Gasteiger partial charge in [-0.05, 0) is 61.0 Å². The van der Waals surface area contributed by atoms with Gasteiger partial charge in [0.2, 0.25) is 10.0 Å². The van der Waals surface area contributed by atoms with Crippen LogP contribution in [0.4, 0.5) is 5.69 Å². The zero-order valence-corrected chi connectivity index (χ0v) is 17.4. The summed E-state index contributed by atoms with van der Waals surface area (Å²) < 4.78 is 33.8. The molecular formula is C22H20N2O6S. The quantitative estimate of drug-likeness (QED) is 0.544. The Kier molecular flexibility index (Phi) is 6.68. The number of benzene rings is 3. The number of ether oxygens (including phenoxy) is 2. The Labute approximate surface area is 179 Å². The van der Waals surface area contributed by atoms with Crippen molar-refractivity contribution < 1.29 is 27.5 Å². The molecule has 0 aliphatic heterocycles. The first-order valence-electron chi connectivity index (χ1n) is 9.16. The van der Waals surface area contributed by atoms with Gasteiger partial charge >= 0.3 is 5.97 Å². The first kappa shape index (κ1) is 22.0. The molecule has 3 aromatic rings. The molecule has 3 N–H and O–H groups in total. The van der Waals surface area contributed by atoms with E-state index < -0.39 is 28.5 Å². The van der Waals surface area contributed by atoms with Gasteiger partial charge in [-0.1, -0.05) is 24.3 Å². The molecule has 8 nitrogen and oxygen atoms in total. The second kappa shape index (κ2) is 9.41. The molecule has 9 heteroatoms. The van der Waals surface area contributed by atoms with Crippen LogP contribution in [0.25, 0.3) is 0 Å². The van der Waals surface area contributed by atoms with E-state index in [9.17, 15) is 18.0 Å². The van der Waals surface area contributed by atoms with E-state index in [0.717, 1.165) is 0 Å². The van der Waals surface area contributed by atoms with Crippen LogP contribution >= 0.6 is 0 Å². The molecule has 0 aliphatic carbocycles. The molecule has 0 atom stereocenters. The molecule has 0 saturated heterocycles. The van der Waals surface area contributed by atoms with Crippen molar-refractivity contribution in [1.82, 2.24) is 0 Å². The standard InChI is InChI=1S/C22H20N2O6S/c1-15-7-10-17(13-20(15)31(23,27)28)24-21(25)14-29-22(26)16-8-11-19(12-9-16)30-18-5-3-2-4-6-18/h2-13H,14H2,1H3,(H,24,25)(H2,23,27,28). The van der Waals surface area contributed by atoms with Crippen LogP contribution in [0.2, 0.25) is 0 Å². The van der Waals surface area contributed by atoms with E-state index in [2.05, 4.69) is 5.32 Å². The van der Waals surface area contributed by atoms with Crippen molar-refractivity contribution in [2.75, 3.05) is 11.9 Å². The van der Waals surface area contributed by atoms with Gasteiger partial charge in [-0.2, -0.15) is 0 Å². The molecule has 1 amide bonds. The molecule has 0 aliphatic rings. The molecule has 31 heavy (non-hydrogen) atoms. The van der Waals surface area contributed by atoms with E-state index in [4.69, 9.17) is 14.6 Å². The summed E-state index contributed by atoms with van der Waals surface area (Å²) in [5.74, 6) is -0.0983. The van der Waals surface area contributed by atoms with E-state index in [-0.39, 0.29) is 16.1 Å². The van der Waals surface area contributed by atoms with Gasteiger partial charge in [0.05, 0.1) is 10.5 Å². The summed E-state index contributed by atoms with van der Waals surface area (Å²) in [7, 11) is -3.92. The van der Waals surface area contributed by atoms with Crippen LogP contribution < -0.4 is 15.2 Å². The fraction of sp³-hybridized carbons (Fsp3) is 0.0909. The van der Waals surface area contributed by atoms with E-state index in [1.165, 1.54) is 30.3 Å². The number of para-hydroxylation sites is 1. The third-order valence-corrected chi connectivity index (χ3v) is 5.23. The SMILES string of the molecule is Cc1ccc(NC(=O)COC(=O)c2ccc(Oc3ccccc3)cc2)cc1S(N)(=O)=O. The highest BCUT2D eigenvalue weighted by molar-refractivity contribution is 7.89. The number of nitrogens with two attached hydrogens (primary N) is 1. The Morgan fingerprint density at radius 2 is 1.58 bits per heavy atom. The highest BCUT2D eigenvalue weighted by Crippen LogP contribution is 2.21. The number of rotatable bonds is 7. The number of carbonyl (C=O) groups excluding carboxylic acids is 2. The number of esters is 1. The Morgan fingerprint density at radius 1 is 0.935 bits per heavy atom. The topological polar surface area (TPSA) is 125 Å². The van der Waals surface area contributed by atoms with Crippen LogP contribution in [0.15, 0.2) is 77.7 Å². The van der Waals surface area contributed by atoms with Crippen LogP contribution in [0, 0.1) is 6.92 Å². The van der Waals surface area contributed by atoms with Gasteiger partial charge in [-0.3, -0.25) is 4.79 Å². The Hall–Kier alpha value is -3.69. The number of nitrogens with one attached hydrogen (secondary N) is 1. The number of hydrogen-bond acceptors (Lipinski definition) is 6. The number of anilines is 1. The number of hydrogen-bond donors (Lipinski definition) is 2. The lowest BCUT2D eigenvalue weighted by atomic mass is 10.2. The molecule has 0 radical (unpaired) electrons. The van der Waals surface area contributed by atoms with Crippen molar-refractivity contribution >= 4 is 27.6 Å². The molecule has 3 rings (SSSR count). The van der Waals surface area contributed by atoms with Crippen molar-refractivity contribution in [2.24, 2.45) is 5.14 Å². The van der Waals surface area contributed by atoms with Crippen molar-refractivity contribution in [2.45, 2.75) is 11.8 Å². The second-order valence-electron chi connectivity index (χ2n) is 6.59. The average molecular weight is 440 g/mol. The monoisotopic (exact) mass is 440 g/mol. The van der Waals surface area contributed by atoms with Gasteiger partial charge in [-0.25, -0.2) is 18.4 Å². The van der Waals surface area contributed by atoms with Gasteiger partial charge in [0.25, 0.3) is 5.91 Å². The van der Waals surface area contributed by atoms with E-state index in [1.54, 1.807) is 31.2 Å². The minimum Gasteiger partial charge on any atom is -0.457 e. The maximum absolute atomic E-state index is 12.2. The fourth-order valence-electron chi connectivity index (χ4n) is 2.68. The highest BCUT2D eigenvalue weighted by Gasteiger charge is 2.14. The minimum atomic E-state index is -3.92. The molecule has 0 heterocycles. The molecule has 160 valence electrons. The van der Waals surface area contributed by atoms with Crippen LogP contribution in [0.3, 0.4) is 0 Å². The van der Waals surface area contributed by atoms with Crippen LogP contribution in [0.5, 0.6) is 11.5 Å². The molecule has 0 unspecified atom stereocenters. The summed E-state index contributed by atoms with van der Waals surface area (Å²) >= 11 is 0. The van der Waals surface area contributed by atoms with E-state index in [1.807, 2.05) is 18.2 Å². The molecular weight excluding hydrogens is 420 g/mol. The summed E-state index contributed by atoms with van der Waals surface area (Å²) in [5, 5.41) is 7.62. The molecule has 0 aromatic heterocycles. The van der Waals surface area contributed by atoms with Crippen LogP contribution in [0.1, 0.15) is 15.9 Å². The maximum Gasteiger partial charge on any atom is 0.338 e. The molecule has 0 saturated carbocycles. The van der Waals surface area contributed by atoms with Crippen molar-refractivity contribution in [3.05, 3.63) is 83.9 Å². The van der Waals surface area contributed by atoms with Gasteiger partial charge in [0.15, 0.2) is 6.61 Å². The van der Waals surface area contributed by atoms with Gasteiger partial charge in [0.1, 0.15) is 11.5 Å². The molecule has 0 bridgehead atoms. The van der Waals surface area contributed by atoms with E-state index >= 15 is 0 Å². The molecule has 0 fully saturated rings. The predicted octanol–water partition coefficient (Wildman–Crippen LogP) is 3.23. The summed E-state index contributed by atoms with van der Waals surface area (Å²) in [5.41, 5.74) is 0.921. The summed E-state index contributed by atoms with van der Waals surface area (Å²) in [6, 6.07) is 19.7. The van der Waals surface area contributed by atoms with Crippen LogP contribution in [-0.4, -0.2) is 26.9 Å². The first-order valence-corrected chi connectivity index (χ1v) is 10.7. The Morgan fingerprint density at radius 3 is 2.23 bits per heavy atom. The third-order valence-electron chi connectivity index (χ3n) is 4.18. The lowest BCUT2D eigenvalue weighted by Crippen LogP contribution is -2.21. The number of primary sulfonamides is 1. The third kappa shape index (κ3) is 6.14. The smallest absolute Gasteiger partial charge is 0.338 e. The Bertz CT molecular complexity index is 1190. The summed E-state index contributed by atoms with van der Waals surface area (Å²) in [6.07, 6.45) is 0. The molecule has 0 spiro atoms. The second-order valence-corrected chi connectivity index (χ2v) is 8.12. The van der Waals surface area contributed by atoms with Gasteiger partial charge in [-0.15, -0.1) is 0 Å². The van der Waals surface area contributed by atoms with Gasteiger partial charge in [0, 0.05) is 5.69 Å². The minimum absolute atomic E-state index is 0.0971. The summed E-state index contributed by atoms with van der Waals surface area (Å²) in [6.45, 7) is 1.04. The van der Waals surface area contributed by atoms with Crippen LogP contribution in [-0.2, 0) is 19.6 Å². The lowest BCUT2D eigenvalue weighted by molar-refractivity contribution is -0.119. The van der Waals surface area contributed by atoms with Crippen molar-refractivity contribution in [1.29, 1.82) is 0 Å². The van der Waals surface area contributed by atoms with E-state index in [0.29, 0.717) is 17.1 Å². The fourth-order valence-corrected chi connectivity index (χ4v) is 3.49. The average Bonchev–Trinajstić information content (AvgIpc) is 2.74. The number of aryl methyl sites for hydroxylation is 1. The highest BCUT2D eigenvalue weighted by atomic mass is 32.2. The maximum atomic E-state index is 12.2. The van der Waals surface area contributed by atoms with Gasteiger partial charge < -0.3 is 14.8 Å². The zero-order valence-electron chi connectivity index (χ0n) is 16.6. The largest absolute Gasteiger partial charge is 0.457 e. The first-order chi connectivity index (χ1) is 14.7. The van der Waals surface area contributed by atoms with Crippen molar-refractivity contribution in [3.63, 3.8) is 0 Å². The zero-order chi connectivity index (χ0) is 22.4.